The molecule has 2 fully saturated rings. The highest BCUT2D eigenvalue weighted by Crippen LogP contribution is 2.24. The van der Waals surface area contributed by atoms with Gasteiger partial charge in [0.15, 0.2) is 11.6 Å². The Morgan fingerprint density at radius 3 is 1.71 bits per heavy atom. The van der Waals surface area contributed by atoms with E-state index in [0.717, 1.165) is 77.6 Å². The molecule has 6 aromatic heterocycles. The predicted molar refractivity (Wildman–Crippen MR) is 222 cm³/mol. The fraction of sp³-hybridized carbons (Fsp3) is 0.238. The number of nitrogens with two attached hydrogens (primary N) is 1. The van der Waals surface area contributed by atoms with E-state index in [0.29, 0.717) is 12.6 Å². The second-order valence-corrected chi connectivity index (χ2v) is 14.4. The largest absolute Gasteiger partial charge is 0.475 e. The number of carbonyl (C=O) groups excluding carboxylic acids is 1. The van der Waals surface area contributed by atoms with Crippen molar-refractivity contribution in [3.63, 3.8) is 0 Å². The number of aryl methyl sites for hydroxylation is 2. The van der Waals surface area contributed by atoms with Gasteiger partial charge in [-0.15, -0.1) is 10.2 Å². The monoisotopic (exact) mass is 792 g/mol. The summed E-state index contributed by atoms with van der Waals surface area (Å²) in [6.07, 6.45) is 16.5. The third-order valence-corrected chi connectivity index (χ3v) is 10.3. The first kappa shape index (κ1) is 38.5. The maximum Gasteiger partial charge on any atom is 0.375 e. The van der Waals surface area contributed by atoms with Crippen LogP contribution in [-0.2, 0) is 0 Å². The van der Waals surface area contributed by atoms with E-state index in [1.807, 2.05) is 105 Å². The second kappa shape index (κ2) is 17.0. The van der Waals surface area contributed by atoms with Gasteiger partial charge in [-0.2, -0.15) is 0 Å². The lowest BCUT2D eigenvalue weighted by molar-refractivity contribution is 0.0683. The van der Waals surface area contributed by atoms with Gasteiger partial charge in [-0.05, 0) is 74.2 Å². The molecule has 17 nitrogen and oxygen atoms in total. The first-order valence-corrected chi connectivity index (χ1v) is 19.3. The van der Waals surface area contributed by atoms with Gasteiger partial charge in [0.2, 0.25) is 5.82 Å². The Morgan fingerprint density at radius 1 is 0.661 bits per heavy atom. The molecule has 0 radical (unpaired) electrons. The molecule has 0 saturated carbocycles. The van der Waals surface area contributed by atoms with Crippen LogP contribution in [0.5, 0.6) is 0 Å². The Morgan fingerprint density at radius 2 is 1.19 bits per heavy atom. The van der Waals surface area contributed by atoms with Gasteiger partial charge < -0.3 is 34.8 Å². The topological polar surface area (TPSA) is 195 Å². The van der Waals surface area contributed by atoms with Crippen molar-refractivity contribution in [3.05, 3.63) is 145 Å². The molecule has 1 amide bonds. The van der Waals surface area contributed by atoms with E-state index in [1.54, 1.807) is 17.2 Å². The van der Waals surface area contributed by atoms with Gasteiger partial charge in [0, 0.05) is 75.4 Å². The van der Waals surface area contributed by atoms with Gasteiger partial charge in [-0.3, -0.25) is 4.79 Å². The number of anilines is 2. The van der Waals surface area contributed by atoms with Crippen LogP contribution < -0.4 is 20.9 Å². The average Bonchev–Trinajstić information content (AvgIpc) is 4.10. The average molecular weight is 793 g/mol. The fourth-order valence-electron chi connectivity index (χ4n) is 7.30. The van der Waals surface area contributed by atoms with Crippen molar-refractivity contribution in [3.8, 4) is 11.4 Å². The number of aromatic carboxylic acids is 1. The molecule has 0 spiro atoms. The first-order chi connectivity index (χ1) is 28.7. The van der Waals surface area contributed by atoms with Crippen molar-refractivity contribution >= 4 is 34.5 Å². The van der Waals surface area contributed by atoms with Gasteiger partial charge in [0.1, 0.15) is 12.7 Å². The number of hydrogen-bond donors (Lipinski definition) is 3. The number of aromatic nitrogens is 10. The predicted octanol–water partition coefficient (Wildman–Crippen LogP) is 4.38. The van der Waals surface area contributed by atoms with E-state index in [2.05, 4.69) is 66.2 Å². The molecule has 10 rings (SSSR count). The van der Waals surface area contributed by atoms with E-state index in [9.17, 15) is 9.59 Å². The Kier molecular flexibility index (Phi) is 11.1. The Balaban J connectivity index is 0.000000136. The summed E-state index contributed by atoms with van der Waals surface area (Å²) in [5.74, 6) is 0.601. The van der Waals surface area contributed by atoms with E-state index in [-0.39, 0.29) is 23.6 Å². The van der Waals surface area contributed by atoms with Gasteiger partial charge >= 0.3 is 5.97 Å². The van der Waals surface area contributed by atoms with Crippen LogP contribution in [0.25, 0.3) is 22.4 Å². The number of fused-ring (bicyclic) bond motifs is 2. The van der Waals surface area contributed by atoms with Gasteiger partial charge in [0.25, 0.3) is 11.7 Å². The smallest absolute Gasteiger partial charge is 0.375 e. The van der Waals surface area contributed by atoms with Crippen LogP contribution >= 0.6 is 0 Å². The summed E-state index contributed by atoms with van der Waals surface area (Å²) in [5.41, 5.74) is 12.0. The SMILES string of the molecule is Cc1ccccc1-n1cnc(C(=O)N[C@H]2CCN(c3nccn4cccc34)C2)n1.Cc1ccccc1-n1cnc(C(=O)O)n1.N[C@H]1CCN(c2nccn3cccc23)C1. The lowest BCUT2D eigenvalue weighted by Crippen LogP contribution is -2.37. The zero-order valence-corrected chi connectivity index (χ0v) is 32.7. The number of carbonyl (C=O) groups is 2. The second-order valence-electron chi connectivity index (χ2n) is 14.4. The van der Waals surface area contributed by atoms with Gasteiger partial charge in [0.05, 0.1) is 22.4 Å². The summed E-state index contributed by atoms with van der Waals surface area (Å²) in [5, 5.41) is 19.9. The molecular formula is C42H44N14O3. The summed E-state index contributed by atoms with van der Waals surface area (Å²) in [4.78, 5) is 44.6. The number of nitrogens with zero attached hydrogens (tertiary/aromatic N) is 12. The molecule has 2 aromatic carbocycles. The molecule has 2 aliphatic heterocycles. The van der Waals surface area contributed by atoms with Crippen molar-refractivity contribution in [2.45, 2.75) is 38.8 Å². The number of carboxylic acids is 1. The van der Waals surface area contributed by atoms with Crippen LogP contribution in [0.3, 0.4) is 0 Å². The molecule has 8 aromatic rings. The summed E-state index contributed by atoms with van der Waals surface area (Å²) in [7, 11) is 0. The van der Waals surface area contributed by atoms with Crippen molar-refractivity contribution in [2.24, 2.45) is 5.73 Å². The van der Waals surface area contributed by atoms with Crippen LogP contribution in [0, 0.1) is 13.8 Å². The molecule has 17 heteroatoms. The summed E-state index contributed by atoms with van der Waals surface area (Å²) in [6, 6.07) is 23.9. The van der Waals surface area contributed by atoms with Crippen LogP contribution in [0.15, 0.2) is 123 Å². The molecule has 0 bridgehead atoms. The molecule has 2 aliphatic rings. The van der Waals surface area contributed by atoms with E-state index >= 15 is 0 Å². The van der Waals surface area contributed by atoms with Crippen LogP contribution in [0.2, 0.25) is 0 Å². The van der Waals surface area contributed by atoms with E-state index in [1.165, 1.54) is 11.0 Å². The highest BCUT2D eigenvalue weighted by atomic mass is 16.4. The molecular weight excluding hydrogens is 749 g/mol. The third-order valence-electron chi connectivity index (χ3n) is 10.3. The van der Waals surface area contributed by atoms with E-state index in [4.69, 9.17) is 10.8 Å². The molecule has 300 valence electrons. The molecule has 2 saturated heterocycles. The van der Waals surface area contributed by atoms with Crippen molar-refractivity contribution in [1.82, 2.24) is 53.6 Å². The number of benzene rings is 2. The van der Waals surface area contributed by atoms with Crippen LogP contribution in [-0.4, -0.2) is 104 Å². The number of nitrogens with one attached hydrogen (secondary N) is 1. The van der Waals surface area contributed by atoms with Crippen molar-refractivity contribution in [2.75, 3.05) is 36.0 Å². The minimum atomic E-state index is -1.12. The normalized spacial score (nSPS) is 16.1. The number of hydrogen-bond acceptors (Lipinski definition) is 11. The third kappa shape index (κ3) is 8.50. The fourth-order valence-corrected chi connectivity index (χ4v) is 7.30. The quantitative estimate of drug-likeness (QED) is 0.207. The minimum absolute atomic E-state index is 0.0323. The van der Waals surface area contributed by atoms with Crippen LogP contribution in [0.4, 0.5) is 11.6 Å². The molecule has 0 unspecified atom stereocenters. The molecule has 4 N–H and O–H groups in total. The standard InChI is InChI=1S/C21H21N7O.C11H14N4.C10H9N3O2/c1-15-5-2-3-6-17(15)28-14-23-19(25-28)21(29)24-16-8-11-27(13-16)20-18-7-4-10-26(18)12-9-22-20;12-9-3-6-15(8-9)11-10-2-1-5-14(10)7-4-13-11;1-7-4-2-3-5-8(7)13-6-11-9(12-13)10(14)15/h2-7,9-10,12,14,16H,8,11,13H2,1H3,(H,24,29);1-2,4-5,7,9H,3,6,8,12H2;2-6H,1H3,(H,14,15)/t16-;9-;/m00./s1. The molecule has 2 atom stereocenters. The lowest BCUT2D eigenvalue weighted by atomic mass is 10.2. The highest BCUT2D eigenvalue weighted by Gasteiger charge is 2.27. The maximum absolute atomic E-state index is 12.7. The Bertz CT molecular complexity index is 2720. The molecule has 8 heterocycles. The zero-order valence-electron chi connectivity index (χ0n) is 32.7. The molecule has 0 aliphatic carbocycles. The maximum atomic E-state index is 12.7. The minimum Gasteiger partial charge on any atom is -0.475 e. The summed E-state index contributed by atoms with van der Waals surface area (Å²) >= 11 is 0. The highest BCUT2D eigenvalue weighted by molar-refractivity contribution is 5.90. The van der Waals surface area contributed by atoms with Crippen molar-refractivity contribution < 1.29 is 14.7 Å². The summed E-state index contributed by atoms with van der Waals surface area (Å²) < 4.78 is 7.24. The van der Waals surface area contributed by atoms with Crippen molar-refractivity contribution in [1.29, 1.82) is 0 Å². The van der Waals surface area contributed by atoms with Crippen LogP contribution in [0.1, 0.15) is 45.2 Å². The summed E-state index contributed by atoms with van der Waals surface area (Å²) in [6.45, 7) is 7.41. The zero-order chi connectivity index (χ0) is 40.9. The Labute approximate surface area is 339 Å². The van der Waals surface area contributed by atoms with Gasteiger partial charge in [-0.1, -0.05) is 36.4 Å². The van der Waals surface area contributed by atoms with Gasteiger partial charge in [-0.25, -0.2) is 34.1 Å². The van der Waals surface area contributed by atoms with E-state index < -0.39 is 5.97 Å². The number of carboxylic acid groups (broad SMARTS) is 1. The number of amides is 1. The lowest BCUT2D eigenvalue weighted by Gasteiger charge is -2.18. The molecule has 59 heavy (non-hydrogen) atoms. The Hall–Kier alpha value is -7.40. The number of para-hydroxylation sites is 2. The number of rotatable bonds is 7. The first-order valence-electron chi connectivity index (χ1n) is 19.3.